The van der Waals surface area contributed by atoms with Crippen LogP contribution in [0.1, 0.15) is 50.8 Å². The Kier molecular flexibility index (Phi) is 5.56. The molecule has 32 heavy (non-hydrogen) atoms. The number of imide groups is 1. The van der Waals surface area contributed by atoms with Crippen LogP contribution in [0, 0.1) is 0 Å². The summed E-state index contributed by atoms with van der Waals surface area (Å²) in [4.78, 5) is 47.6. The Morgan fingerprint density at radius 1 is 1.16 bits per heavy atom. The first-order chi connectivity index (χ1) is 15.3. The molecule has 5 heterocycles. The van der Waals surface area contributed by atoms with Gasteiger partial charge in [0.05, 0.1) is 12.6 Å². The Hall–Kier alpha value is -1.94. The molecule has 6 nitrogen and oxygen atoms in total. The van der Waals surface area contributed by atoms with Crippen LogP contribution >= 0.6 is 34.4 Å². The minimum Gasteiger partial charge on any atom is -0.280 e. The molecule has 0 aliphatic carbocycles. The van der Waals surface area contributed by atoms with Gasteiger partial charge in [-0.15, -0.1) is 22.7 Å². The number of hydrogen-bond acceptors (Lipinski definition) is 7. The SMILES string of the molecule is C[C@@H]1CCC[N+]1(C(=O)ON1C(=O)CCC1=O)C1(C)CC=C(c2ccc(-c3cccs3)s2)S1. The second-order valence-electron chi connectivity index (χ2n) is 8.71. The number of carbonyl (C=O) groups is 3. The van der Waals surface area contributed by atoms with Gasteiger partial charge < -0.3 is 0 Å². The Balaban J connectivity index is 1.40. The normalized spacial score (nSPS) is 30.2. The van der Waals surface area contributed by atoms with Gasteiger partial charge in [-0.25, -0.2) is 4.48 Å². The number of rotatable bonds is 4. The van der Waals surface area contributed by atoms with E-state index in [1.807, 2.05) is 0 Å². The van der Waals surface area contributed by atoms with Gasteiger partial charge in [-0.3, -0.25) is 14.4 Å². The molecule has 2 aromatic rings. The fourth-order valence-electron chi connectivity index (χ4n) is 5.07. The van der Waals surface area contributed by atoms with E-state index in [1.54, 1.807) is 34.4 Å². The van der Waals surface area contributed by atoms with Gasteiger partial charge in [-0.2, -0.15) is 4.79 Å². The van der Waals surface area contributed by atoms with Crippen LogP contribution in [0.3, 0.4) is 0 Å². The second-order valence-corrected chi connectivity index (χ2v) is 12.3. The van der Waals surface area contributed by atoms with Crippen molar-refractivity contribution in [1.29, 1.82) is 0 Å². The molecule has 2 fully saturated rings. The number of amides is 3. The van der Waals surface area contributed by atoms with Crippen LogP contribution in [0.4, 0.5) is 4.79 Å². The fourth-order valence-corrected chi connectivity index (χ4v) is 8.58. The molecule has 2 unspecified atom stereocenters. The molecule has 3 aliphatic rings. The van der Waals surface area contributed by atoms with E-state index in [1.165, 1.54) is 19.5 Å². The summed E-state index contributed by atoms with van der Waals surface area (Å²) in [6.45, 7) is 4.84. The minimum absolute atomic E-state index is 0.0468. The lowest BCUT2D eigenvalue weighted by molar-refractivity contribution is -0.901. The van der Waals surface area contributed by atoms with Gasteiger partial charge in [0, 0.05) is 58.6 Å². The maximum atomic E-state index is 13.6. The van der Waals surface area contributed by atoms with E-state index in [2.05, 4.69) is 49.6 Å². The zero-order valence-corrected chi connectivity index (χ0v) is 20.5. The average Bonchev–Trinajstić information content (AvgIpc) is 3.56. The lowest BCUT2D eigenvalue weighted by atomic mass is 10.1. The van der Waals surface area contributed by atoms with Crippen LogP contribution in [0.5, 0.6) is 0 Å². The van der Waals surface area contributed by atoms with Crippen molar-refractivity contribution in [1.82, 2.24) is 5.06 Å². The van der Waals surface area contributed by atoms with Crippen LogP contribution in [0.2, 0.25) is 0 Å². The van der Waals surface area contributed by atoms with Crippen LogP contribution < -0.4 is 0 Å². The van der Waals surface area contributed by atoms with Crippen LogP contribution in [-0.4, -0.2) is 44.9 Å². The number of quaternary nitrogens is 1. The Morgan fingerprint density at radius 2 is 1.91 bits per heavy atom. The number of thioether (sulfide) groups is 1. The van der Waals surface area contributed by atoms with E-state index < -0.39 is 22.8 Å². The Morgan fingerprint density at radius 3 is 2.56 bits per heavy atom. The van der Waals surface area contributed by atoms with E-state index in [-0.39, 0.29) is 23.4 Å². The first kappa shape index (κ1) is 21.9. The van der Waals surface area contributed by atoms with Crippen molar-refractivity contribution in [3.8, 4) is 9.75 Å². The zero-order chi connectivity index (χ0) is 22.5. The van der Waals surface area contributed by atoms with Crippen molar-refractivity contribution >= 4 is 57.2 Å². The third kappa shape index (κ3) is 3.37. The molecule has 3 atom stereocenters. The van der Waals surface area contributed by atoms with E-state index in [0.717, 1.165) is 19.3 Å². The summed E-state index contributed by atoms with van der Waals surface area (Å²) >= 11 is 5.22. The zero-order valence-electron chi connectivity index (χ0n) is 18.0. The standard InChI is InChI=1S/C23H25N2O4S3/c1-15-5-3-13-25(15,22(28)29-24-20(26)9-10-21(24)27)23(2)12-11-19(32-23)18-8-7-17(31-18)16-6-4-14-30-16/h4,6-8,11,14-15H,3,5,9-10,12-13H2,1-2H3/q+1/t15-,23?,25?/m1/s1. The maximum Gasteiger partial charge on any atom is 0.542 e. The summed E-state index contributed by atoms with van der Waals surface area (Å²) < 4.78 is 0.123. The molecule has 0 N–H and O–H groups in total. The molecule has 2 saturated heterocycles. The number of carbonyl (C=O) groups excluding carboxylic acids is 3. The quantitative estimate of drug-likeness (QED) is 0.397. The maximum absolute atomic E-state index is 13.6. The van der Waals surface area contributed by atoms with Crippen molar-refractivity contribution in [2.75, 3.05) is 6.54 Å². The molecular formula is C23H25N2O4S3+. The van der Waals surface area contributed by atoms with E-state index in [9.17, 15) is 14.4 Å². The summed E-state index contributed by atoms with van der Waals surface area (Å²) in [7, 11) is 0. The Bertz CT molecular complexity index is 1090. The van der Waals surface area contributed by atoms with Gasteiger partial charge in [-0.05, 0) is 30.5 Å². The highest BCUT2D eigenvalue weighted by Crippen LogP contribution is 2.56. The van der Waals surface area contributed by atoms with E-state index in [0.29, 0.717) is 11.6 Å². The molecule has 0 spiro atoms. The van der Waals surface area contributed by atoms with Gasteiger partial charge in [-0.1, -0.05) is 29.0 Å². The van der Waals surface area contributed by atoms with Gasteiger partial charge in [0.15, 0.2) is 4.87 Å². The highest BCUT2D eigenvalue weighted by atomic mass is 32.2. The topological polar surface area (TPSA) is 63.7 Å². The summed E-state index contributed by atoms with van der Waals surface area (Å²) in [6.07, 6.45) is 4.47. The average molecular weight is 490 g/mol. The number of nitrogens with zero attached hydrogens (tertiary/aromatic N) is 2. The summed E-state index contributed by atoms with van der Waals surface area (Å²) in [5.74, 6) is -0.868. The first-order valence-electron chi connectivity index (χ1n) is 10.8. The summed E-state index contributed by atoms with van der Waals surface area (Å²) in [6, 6.07) is 8.55. The molecule has 0 bridgehead atoms. The molecular weight excluding hydrogens is 464 g/mol. The van der Waals surface area contributed by atoms with Crippen molar-refractivity contribution in [2.24, 2.45) is 0 Å². The molecule has 0 aromatic carbocycles. The highest BCUT2D eigenvalue weighted by Gasteiger charge is 2.62. The molecule has 0 radical (unpaired) electrons. The number of likely N-dealkylation sites (tertiary alicyclic amines) is 1. The van der Waals surface area contributed by atoms with Gasteiger partial charge >= 0.3 is 6.09 Å². The lowest BCUT2D eigenvalue weighted by Crippen LogP contribution is -2.66. The minimum atomic E-state index is -0.492. The summed E-state index contributed by atoms with van der Waals surface area (Å²) in [5, 5.41) is 2.77. The lowest BCUT2D eigenvalue weighted by Gasteiger charge is -2.46. The molecule has 168 valence electrons. The largest absolute Gasteiger partial charge is 0.542 e. The number of thiophene rings is 2. The monoisotopic (exact) mass is 489 g/mol. The molecule has 9 heteroatoms. The van der Waals surface area contributed by atoms with Gasteiger partial charge in [0.25, 0.3) is 11.8 Å². The second kappa shape index (κ2) is 8.13. The van der Waals surface area contributed by atoms with Crippen molar-refractivity contribution in [3.05, 3.63) is 40.6 Å². The molecule has 0 saturated carbocycles. The fraction of sp³-hybridized carbons (Fsp3) is 0.435. The predicted molar refractivity (Wildman–Crippen MR) is 128 cm³/mol. The van der Waals surface area contributed by atoms with E-state index in [4.69, 9.17) is 4.84 Å². The highest BCUT2D eigenvalue weighted by molar-refractivity contribution is 8.09. The first-order valence-corrected chi connectivity index (χ1v) is 13.3. The van der Waals surface area contributed by atoms with Gasteiger partial charge in [0.1, 0.15) is 0 Å². The van der Waals surface area contributed by atoms with E-state index >= 15 is 0 Å². The number of hydrogen-bond donors (Lipinski definition) is 0. The Labute approximate surface area is 199 Å². The molecule has 2 aromatic heterocycles. The van der Waals surface area contributed by atoms with Gasteiger partial charge in [0.2, 0.25) is 0 Å². The third-order valence-corrected chi connectivity index (χ3v) is 10.7. The van der Waals surface area contributed by atoms with Crippen molar-refractivity contribution in [3.63, 3.8) is 0 Å². The third-order valence-electron chi connectivity index (χ3n) is 6.84. The van der Waals surface area contributed by atoms with Crippen molar-refractivity contribution < 1.29 is 23.7 Å². The smallest absolute Gasteiger partial charge is 0.280 e. The predicted octanol–water partition coefficient (Wildman–Crippen LogP) is 5.87. The molecule has 3 amide bonds. The molecule has 5 rings (SSSR count). The summed E-state index contributed by atoms with van der Waals surface area (Å²) in [5.41, 5.74) is 0. The van der Waals surface area contributed by atoms with Crippen LogP contribution in [0.15, 0.2) is 35.7 Å². The number of hydroxylamine groups is 2. The van der Waals surface area contributed by atoms with Crippen molar-refractivity contribution in [2.45, 2.75) is 56.9 Å². The van der Waals surface area contributed by atoms with Crippen LogP contribution in [0.25, 0.3) is 14.7 Å². The molecule has 3 aliphatic heterocycles. The van der Waals surface area contributed by atoms with Crippen LogP contribution in [-0.2, 0) is 14.4 Å².